The molecule has 0 spiro atoms. The van der Waals surface area contributed by atoms with Gasteiger partial charge in [-0.15, -0.1) is 0 Å². The summed E-state index contributed by atoms with van der Waals surface area (Å²) in [6.07, 6.45) is 46.3. The molecule has 0 aromatic rings. The molecule has 8 unspecified atom stereocenters. The summed E-state index contributed by atoms with van der Waals surface area (Å²) in [5, 5.41) is 56.8. The van der Waals surface area contributed by atoms with Crippen molar-refractivity contribution in [1.29, 1.82) is 0 Å². The van der Waals surface area contributed by atoms with Crippen molar-refractivity contribution >= 4 is 11.9 Å². The van der Waals surface area contributed by atoms with Crippen molar-refractivity contribution in [1.82, 2.24) is 5.32 Å². The smallest absolute Gasteiger partial charge is 0.306 e. The lowest BCUT2D eigenvalue weighted by Gasteiger charge is -2.41. The maximum absolute atomic E-state index is 13.4. The van der Waals surface area contributed by atoms with Crippen LogP contribution in [0.5, 0.6) is 0 Å². The number of hydrogen-bond acceptors (Lipinski definition) is 10. The second kappa shape index (κ2) is 48.8. The predicted molar refractivity (Wildman–Crippen MR) is 292 cm³/mol. The maximum Gasteiger partial charge on any atom is 0.306 e. The highest BCUT2D eigenvalue weighted by Gasteiger charge is 2.47. The van der Waals surface area contributed by atoms with Gasteiger partial charge in [-0.25, -0.2) is 0 Å². The number of esters is 1. The van der Waals surface area contributed by atoms with Crippen LogP contribution in [0.25, 0.3) is 0 Å². The Hall–Kier alpha value is -2.12. The summed E-state index contributed by atoms with van der Waals surface area (Å²) < 4.78 is 17.5. The van der Waals surface area contributed by atoms with Gasteiger partial charge >= 0.3 is 5.97 Å². The third-order valence-corrected chi connectivity index (χ3v) is 14.1. The fourth-order valence-electron chi connectivity index (χ4n) is 9.29. The number of amides is 1. The van der Waals surface area contributed by atoms with Gasteiger partial charge in [0.25, 0.3) is 0 Å². The average Bonchev–Trinajstić information content (AvgIpc) is 3.37. The topological polar surface area (TPSA) is 175 Å². The molecule has 0 aromatic carbocycles. The van der Waals surface area contributed by atoms with Gasteiger partial charge in [-0.1, -0.05) is 256 Å². The molecule has 1 fully saturated rings. The Morgan fingerprint density at radius 2 is 0.972 bits per heavy atom. The van der Waals surface area contributed by atoms with E-state index in [2.05, 4.69) is 38.2 Å². The van der Waals surface area contributed by atoms with Crippen molar-refractivity contribution in [3.63, 3.8) is 0 Å². The number of rotatable bonds is 50. The van der Waals surface area contributed by atoms with E-state index >= 15 is 0 Å². The van der Waals surface area contributed by atoms with E-state index < -0.39 is 67.4 Å². The molecule has 11 heteroatoms. The molecule has 0 radical (unpaired) electrons. The van der Waals surface area contributed by atoms with Crippen molar-refractivity contribution in [2.24, 2.45) is 0 Å². The van der Waals surface area contributed by atoms with Crippen LogP contribution in [0, 0.1) is 0 Å². The summed E-state index contributed by atoms with van der Waals surface area (Å²) >= 11 is 0. The molecule has 8 atom stereocenters. The first kappa shape index (κ1) is 66.9. The molecule has 1 saturated heterocycles. The third-order valence-electron chi connectivity index (χ3n) is 14.1. The van der Waals surface area contributed by atoms with Gasteiger partial charge in [0.15, 0.2) is 12.4 Å². The lowest BCUT2D eigenvalue weighted by atomic mass is 9.99. The highest BCUT2D eigenvalue weighted by atomic mass is 16.7. The fraction of sp³-hybridized carbons (Fsp3) is 0.867. The van der Waals surface area contributed by atoms with Crippen LogP contribution in [0.1, 0.15) is 271 Å². The zero-order valence-electron chi connectivity index (χ0n) is 45.9. The van der Waals surface area contributed by atoms with Crippen LogP contribution >= 0.6 is 0 Å². The van der Waals surface area contributed by atoms with E-state index in [1.165, 1.54) is 173 Å². The van der Waals surface area contributed by atoms with Crippen LogP contribution in [-0.4, -0.2) is 99.6 Å². The first-order chi connectivity index (χ1) is 34.7. The monoisotopic (exact) mass is 1010 g/mol. The molecule has 1 aliphatic rings. The second-order valence-electron chi connectivity index (χ2n) is 20.7. The number of nitrogens with one attached hydrogen (secondary N) is 1. The number of hydrogen-bond donors (Lipinski definition) is 6. The van der Waals surface area contributed by atoms with Crippen molar-refractivity contribution in [3.8, 4) is 0 Å². The quantitative estimate of drug-likeness (QED) is 0.0195. The Bertz CT molecular complexity index is 1290. The Balaban J connectivity index is 2.74. The number of aliphatic hydroxyl groups excluding tert-OH is 5. The van der Waals surface area contributed by atoms with E-state index in [0.29, 0.717) is 19.3 Å². The lowest BCUT2D eigenvalue weighted by molar-refractivity contribution is -0.305. The molecule has 0 bridgehead atoms. The summed E-state index contributed by atoms with van der Waals surface area (Å²) in [6, 6.07) is -1.03. The summed E-state index contributed by atoms with van der Waals surface area (Å²) in [5.74, 6) is -1.26. The van der Waals surface area contributed by atoms with Gasteiger partial charge in [-0.05, 0) is 44.9 Å². The standard InChI is InChI=1S/C60H111NO10/c1-4-7-10-13-16-19-22-25-26-27-30-32-35-38-41-44-47-53(64)59(68)61-51(52(63)46-43-40-37-34-31-28-23-20-17-14-11-8-5-2)50-69-60-58(57(67)56(66)54(49-62)70-60)71-55(65)48-45-42-39-36-33-29-24-21-18-15-12-9-6-3/h29,33,39,42-43,46,51-54,56-58,60,62-64,66-67H,4-28,30-32,34-38,40-41,44-45,47-50H2,1-3H3,(H,61,68)/b33-29-,42-39+,46-43+. The van der Waals surface area contributed by atoms with E-state index in [1.54, 1.807) is 6.08 Å². The van der Waals surface area contributed by atoms with Gasteiger partial charge in [0, 0.05) is 6.42 Å². The number of carbonyl (C=O) groups is 2. The van der Waals surface area contributed by atoms with Crippen LogP contribution < -0.4 is 5.32 Å². The number of carbonyl (C=O) groups excluding carboxylic acids is 2. The maximum atomic E-state index is 13.4. The molecule has 1 heterocycles. The summed E-state index contributed by atoms with van der Waals surface area (Å²) in [5.41, 5.74) is 0. The van der Waals surface area contributed by atoms with Crippen molar-refractivity contribution in [2.45, 2.75) is 320 Å². The SMILES string of the molecule is CCCCCCCC/C=C\C/C=C/CCC(=O)OC1C(OCC(NC(=O)C(O)CCCCCCCCCCCCCCCCCC)C(O)/C=C/CCCCCCCCCCCCC)OC(CO)C(O)C1O. The molecular weight excluding hydrogens is 895 g/mol. The van der Waals surface area contributed by atoms with Gasteiger partial charge in [0.2, 0.25) is 5.91 Å². The number of ether oxygens (including phenoxy) is 3. The van der Waals surface area contributed by atoms with Gasteiger partial charge in [-0.2, -0.15) is 0 Å². The molecule has 1 amide bonds. The zero-order chi connectivity index (χ0) is 51.8. The van der Waals surface area contributed by atoms with Crippen molar-refractivity contribution in [2.75, 3.05) is 13.2 Å². The molecule has 416 valence electrons. The van der Waals surface area contributed by atoms with E-state index in [0.717, 1.165) is 51.4 Å². The number of aliphatic hydroxyl groups is 5. The lowest BCUT2D eigenvalue weighted by Crippen LogP contribution is -2.61. The van der Waals surface area contributed by atoms with Crippen LogP contribution in [0.3, 0.4) is 0 Å². The minimum absolute atomic E-state index is 0.0199. The Labute approximate surface area is 434 Å². The molecule has 0 aliphatic carbocycles. The molecule has 1 aliphatic heterocycles. The van der Waals surface area contributed by atoms with Gasteiger partial charge in [-0.3, -0.25) is 9.59 Å². The normalized spacial score (nSPS) is 19.8. The Kier molecular flexibility index (Phi) is 46.0. The number of allylic oxidation sites excluding steroid dienone is 5. The van der Waals surface area contributed by atoms with Crippen molar-refractivity contribution in [3.05, 3.63) is 36.5 Å². The molecule has 0 saturated carbocycles. The first-order valence-corrected chi connectivity index (χ1v) is 29.8. The largest absolute Gasteiger partial charge is 0.454 e. The average molecular weight is 1010 g/mol. The molecule has 71 heavy (non-hydrogen) atoms. The minimum atomic E-state index is -1.63. The summed E-state index contributed by atoms with van der Waals surface area (Å²) in [7, 11) is 0. The van der Waals surface area contributed by atoms with Gasteiger partial charge < -0.3 is 45.1 Å². The summed E-state index contributed by atoms with van der Waals surface area (Å²) in [6.45, 7) is 5.76. The van der Waals surface area contributed by atoms with Crippen molar-refractivity contribution < 1.29 is 49.3 Å². The van der Waals surface area contributed by atoms with Crippen LogP contribution in [0.4, 0.5) is 0 Å². The highest BCUT2D eigenvalue weighted by Crippen LogP contribution is 2.26. The molecular formula is C60H111NO10. The van der Waals surface area contributed by atoms with Crippen LogP contribution in [0.2, 0.25) is 0 Å². The Morgan fingerprint density at radius 1 is 0.549 bits per heavy atom. The molecule has 1 rings (SSSR count). The highest BCUT2D eigenvalue weighted by molar-refractivity contribution is 5.80. The van der Waals surface area contributed by atoms with E-state index in [4.69, 9.17) is 14.2 Å². The van der Waals surface area contributed by atoms with Gasteiger partial charge in [0.1, 0.15) is 24.4 Å². The van der Waals surface area contributed by atoms with E-state index in [1.807, 2.05) is 18.2 Å². The first-order valence-electron chi connectivity index (χ1n) is 29.8. The Morgan fingerprint density at radius 3 is 1.44 bits per heavy atom. The van der Waals surface area contributed by atoms with Crippen LogP contribution in [0.15, 0.2) is 36.5 Å². The predicted octanol–water partition coefficient (Wildman–Crippen LogP) is 13.5. The summed E-state index contributed by atoms with van der Waals surface area (Å²) in [4.78, 5) is 26.4. The molecule has 6 N–H and O–H groups in total. The number of unbranched alkanes of at least 4 members (excludes halogenated alkanes) is 32. The third kappa shape index (κ3) is 37.3. The molecule has 0 aromatic heterocycles. The van der Waals surface area contributed by atoms with Crippen LogP contribution in [-0.2, 0) is 23.8 Å². The van der Waals surface area contributed by atoms with E-state index in [-0.39, 0.29) is 13.0 Å². The molecule has 11 nitrogen and oxygen atoms in total. The fourth-order valence-corrected chi connectivity index (χ4v) is 9.29. The second-order valence-corrected chi connectivity index (χ2v) is 20.7. The minimum Gasteiger partial charge on any atom is -0.454 e. The van der Waals surface area contributed by atoms with Gasteiger partial charge in [0.05, 0.1) is 25.4 Å². The zero-order valence-corrected chi connectivity index (χ0v) is 45.9. The van der Waals surface area contributed by atoms with E-state index in [9.17, 15) is 35.1 Å².